The molecule has 25 heavy (non-hydrogen) atoms. The Labute approximate surface area is 149 Å². The molecule has 0 fully saturated rings. The normalized spacial score (nSPS) is 11.2. The molecule has 118 valence electrons. The molecule has 2 aromatic heterocycles. The maximum atomic E-state index is 4.87. The molecule has 0 N–H and O–H groups in total. The minimum absolute atomic E-state index is 0.772. The Morgan fingerprint density at radius 1 is 0.640 bits per heavy atom. The molecule has 2 heterocycles. The fourth-order valence-corrected chi connectivity index (χ4v) is 4.13. The van der Waals surface area contributed by atoms with Crippen LogP contribution in [0, 0.1) is 0 Å². The number of nitrogens with zero attached hydrogens (tertiary/aromatic N) is 2. The summed E-state index contributed by atoms with van der Waals surface area (Å²) in [4.78, 5) is 9.47. The van der Waals surface area contributed by atoms with E-state index in [-0.39, 0.29) is 0 Å². The van der Waals surface area contributed by atoms with E-state index in [0.717, 1.165) is 21.6 Å². The molecule has 0 unspecified atom stereocenters. The van der Waals surface area contributed by atoms with Gasteiger partial charge in [-0.1, -0.05) is 66.7 Å². The van der Waals surface area contributed by atoms with E-state index >= 15 is 0 Å². The highest BCUT2D eigenvalue weighted by atomic mass is 32.1. The summed E-state index contributed by atoms with van der Waals surface area (Å²) in [6.07, 6.45) is 1.94. The van der Waals surface area contributed by atoms with Crippen molar-refractivity contribution in [3.63, 3.8) is 0 Å². The van der Waals surface area contributed by atoms with Crippen LogP contribution in [0.15, 0.2) is 85.1 Å². The average molecular weight is 338 g/mol. The van der Waals surface area contributed by atoms with E-state index in [1.807, 2.05) is 12.3 Å². The third kappa shape index (κ3) is 2.49. The first-order valence-corrected chi connectivity index (χ1v) is 9.00. The summed E-state index contributed by atoms with van der Waals surface area (Å²) in [5, 5.41) is 1.20. The summed E-state index contributed by atoms with van der Waals surface area (Å²) in [5.74, 6) is 0.772. The van der Waals surface area contributed by atoms with Crippen molar-refractivity contribution in [2.24, 2.45) is 0 Å². The molecule has 5 rings (SSSR count). The van der Waals surface area contributed by atoms with Crippen LogP contribution in [0.3, 0.4) is 0 Å². The van der Waals surface area contributed by atoms with E-state index in [4.69, 9.17) is 4.98 Å². The third-order valence-corrected chi connectivity index (χ3v) is 5.44. The molecule has 0 saturated heterocycles. The lowest BCUT2D eigenvalue weighted by Crippen LogP contribution is -1.89. The molecule has 0 amide bonds. The van der Waals surface area contributed by atoms with Crippen LogP contribution in [0.4, 0.5) is 0 Å². The van der Waals surface area contributed by atoms with Crippen LogP contribution >= 0.6 is 11.3 Å². The summed E-state index contributed by atoms with van der Waals surface area (Å²) in [6.45, 7) is 0. The molecule has 0 saturated carbocycles. The van der Waals surface area contributed by atoms with Crippen molar-refractivity contribution in [2.75, 3.05) is 0 Å². The number of rotatable bonds is 2. The van der Waals surface area contributed by atoms with Gasteiger partial charge in [0.05, 0.1) is 10.2 Å². The Bertz CT molecular complexity index is 1190. The van der Waals surface area contributed by atoms with Gasteiger partial charge in [-0.2, -0.15) is 0 Å². The molecular formula is C22H14N2S. The van der Waals surface area contributed by atoms with E-state index in [9.17, 15) is 0 Å². The van der Waals surface area contributed by atoms with Gasteiger partial charge < -0.3 is 0 Å². The molecule has 2 nitrogen and oxygen atoms in total. The van der Waals surface area contributed by atoms with Gasteiger partial charge in [-0.3, -0.25) is 0 Å². The van der Waals surface area contributed by atoms with Gasteiger partial charge in [0.15, 0.2) is 5.82 Å². The molecule has 3 heteroatoms. The molecular weight excluding hydrogens is 324 g/mol. The first-order valence-electron chi connectivity index (χ1n) is 8.19. The zero-order valence-electron chi connectivity index (χ0n) is 13.4. The second kappa shape index (κ2) is 5.80. The monoisotopic (exact) mass is 338 g/mol. The van der Waals surface area contributed by atoms with Crippen molar-refractivity contribution in [3.8, 4) is 22.5 Å². The maximum Gasteiger partial charge on any atom is 0.159 e. The first-order chi connectivity index (χ1) is 12.4. The van der Waals surface area contributed by atoms with Crippen molar-refractivity contribution < 1.29 is 0 Å². The zero-order valence-corrected chi connectivity index (χ0v) is 14.2. The Morgan fingerprint density at radius 3 is 2.32 bits per heavy atom. The minimum atomic E-state index is 0.772. The van der Waals surface area contributed by atoms with Crippen LogP contribution < -0.4 is 0 Å². The van der Waals surface area contributed by atoms with Gasteiger partial charge in [-0.25, -0.2) is 9.97 Å². The SMILES string of the molecule is c1ccc(-c2cccc(-c3ncc4sc5ccccc5c4n3)c2)cc1. The Hall–Kier alpha value is -3.04. The average Bonchev–Trinajstić information content (AvgIpc) is 3.07. The standard InChI is InChI=1S/C22H14N2S/c1-2-7-15(8-3-1)16-9-6-10-17(13-16)22-23-14-20-21(24-22)18-11-4-5-12-19(18)25-20/h1-14H. The minimum Gasteiger partial charge on any atom is -0.235 e. The van der Waals surface area contributed by atoms with Crippen LogP contribution in [0.5, 0.6) is 0 Å². The third-order valence-electron chi connectivity index (χ3n) is 4.35. The maximum absolute atomic E-state index is 4.87. The van der Waals surface area contributed by atoms with Crippen molar-refractivity contribution in [3.05, 3.63) is 85.1 Å². The van der Waals surface area contributed by atoms with Gasteiger partial charge >= 0.3 is 0 Å². The Kier molecular flexibility index (Phi) is 3.32. The lowest BCUT2D eigenvalue weighted by molar-refractivity contribution is 1.24. The van der Waals surface area contributed by atoms with Gasteiger partial charge in [0.2, 0.25) is 0 Å². The molecule has 5 aromatic rings. The number of benzene rings is 3. The number of hydrogen-bond acceptors (Lipinski definition) is 3. The van der Waals surface area contributed by atoms with Crippen LogP contribution in [0.2, 0.25) is 0 Å². The highest BCUT2D eigenvalue weighted by molar-refractivity contribution is 7.25. The number of fused-ring (bicyclic) bond motifs is 3. The predicted molar refractivity (Wildman–Crippen MR) is 106 cm³/mol. The van der Waals surface area contributed by atoms with E-state index in [1.165, 1.54) is 21.2 Å². The number of aromatic nitrogens is 2. The van der Waals surface area contributed by atoms with E-state index in [1.54, 1.807) is 11.3 Å². The lowest BCUT2D eigenvalue weighted by Gasteiger charge is -2.05. The smallest absolute Gasteiger partial charge is 0.159 e. The molecule has 0 bridgehead atoms. The van der Waals surface area contributed by atoms with Gasteiger partial charge in [0, 0.05) is 21.8 Å². The highest BCUT2D eigenvalue weighted by Crippen LogP contribution is 2.33. The number of thiophene rings is 1. The fraction of sp³-hybridized carbons (Fsp3) is 0. The van der Waals surface area contributed by atoms with Crippen LogP contribution in [0.1, 0.15) is 0 Å². The summed E-state index contributed by atoms with van der Waals surface area (Å²) in [5.41, 5.74) is 4.46. The Balaban J connectivity index is 1.67. The summed E-state index contributed by atoms with van der Waals surface area (Å²) < 4.78 is 2.38. The zero-order chi connectivity index (χ0) is 16.6. The Morgan fingerprint density at radius 2 is 1.40 bits per heavy atom. The predicted octanol–water partition coefficient (Wildman–Crippen LogP) is 6.18. The van der Waals surface area contributed by atoms with Crippen molar-refractivity contribution in [2.45, 2.75) is 0 Å². The van der Waals surface area contributed by atoms with E-state index in [0.29, 0.717) is 0 Å². The van der Waals surface area contributed by atoms with Gasteiger partial charge in [-0.15, -0.1) is 11.3 Å². The first kappa shape index (κ1) is 14.3. The largest absolute Gasteiger partial charge is 0.235 e. The van der Waals surface area contributed by atoms with E-state index < -0.39 is 0 Å². The molecule has 0 radical (unpaired) electrons. The summed E-state index contributed by atoms with van der Waals surface area (Å²) >= 11 is 1.74. The fourth-order valence-electron chi connectivity index (χ4n) is 3.12. The topological polar surface area (TPSA) is 25.8 Å². The van der Waals surface area contributed by atoms with Crippen molar-refractivity contribution >= 4 is 31.6 Å². The van der Waals surface area contributed by atoms with Crippen LogP contribution in [0.25, 0.3) is 42.8 Å². The highest BCUT2D eigenvalue weighted by Gasteiger charge is 2.09. The van der Waals surface area contributed by atoms with Crippen molar-refractivity contribution in [1.82, 2.24) is 9.97 Å². The van der Waals surface area contributed by atoms with E-state index in [2.05, 4.69) is 77.8 Å². The molecule has 0 spiro atoms. The van der Waals surface area contributed by atoms with Gasteiger partial charge in [-0.05, 0) is 23.3 Å². The van der Waals surface area contributed by atoms with Crippen LogP contribution in [-0.2, 0) is 0 Å². The molecule has 0 atom stereocenters. The van der Waals surface area contributed by atoms with Gasteiger partial charge in [0.1, 0.15) is 0 Å². The molecule has 0 aliphatic carbocycles. The van der Waals surface area contributed by atoms with Crippen molar-refractivity contribution in [1.29, 1.82) is 0 Å². The quantitative estimate of drug-likeness (QED) is 0.384. The summed E-state index contributed by atoms with van der Waals surface area (Å²) in [6, 6.07) is 27.2. The van der Waals surface area contributed by atoms with Gasteiger partial charge in [0.25, 0.3) is 0 Å². The van der Waals surface area contributed by atoms with Crippen LogP contribution in [-0.4, -0.2) is 9.97 Å². The molecule has 3 aromatic carbocycles. The molecule has 0 aliphatic rings. The second-order valence-electron chi connectivity index (χ2n) is 5.95. The second-order valence-corrected chi connectivity index (χ2v) is 7.04. The lowest BCUT2D eigenvalue weighted by atomic mass is 10.0. The number of hydrogen-bond donors (Lipinski definition) is 0. The summed E-state index contributed by atoms with van der Waals surface area (Å²) in [7, 11) is 0. The molecule has 0 aliphatic heterocycles.